The van der Waals surface area contributed by atoms with Gasteiger partial charge in [0.25, 0.3) is 0 Å². The predicted octanol–water partition coefficient (Wildman–Crippen LogP) is 0.726. The smallest absolute Gasteiger partial charge is 0.224 e. The summed E-state index contributed by atoms with van der Waals surface area (Å²) in [6.07, 6.45) is 0.366. The van der Waals surface area contributed by atoms with Crippen LogP contribution < -0.4 is 5.32 Å². The molecule has 1 aromatic rings. The monoisotopic (exact) mass is 193 g/mol. The number of rotatable bonds is 4. The van der Waals surface area contributed by atoms with Gasteiger partial charge in [-0.25, -0.2) is 0 Å². The van der Waals surface area contributed by atoms with Crippen molar-refractivity contribution in [3.05, 3.63) is 35.9 Å². The maximum Gasteiger partial charge on any atom is 0.224 e. The molecular weight excluding hydrogens is 178 g/mol. The summed E-state index contributed by atoms with van der Waals surface area (Å²) < 4.78 is 0. The van der Waals surface area contributed by atoms with Gasteiger partial charge in [-0.15, -0.1) is 0 Å². The van der Waals surface area contributed by atoms with E-state index < -0.39 is 0 Å². The third-order valence-corrected chi connectivity index (χ3v) is 1.89. The molecule has 1 atom stereocenters. The molecule has 0 unspecified atom stereocenters. The Kier molecular flexibility index (Phi) is 4.13. The summed E-state index contributed by atoms with van der Waals surface area (Å²) in [7, 11) is 0. The van der Waals surface area contributed by atoms with Gasteiger partial charge in [0, 0.05) is 6.04 Å². The Bertz CT molecular complexity index is 285. The maximum atomic E-state index is 11.4. The van der Waals surface area contributed by atoms with Crippen molar-refractivity contribution in [3.8, 4) is 0 Å². The highest BCUT2D eigenvalue weighted by atomic mass is 16.3. The van der Waals surface area contributed by atoms with Crippen molar-refractivity contribution < 1.29 is 9.90 Å². The van der Waals surface area contributed by atoms with E-state index in [4.69, 9.17) is 5.11 Å². The number of nitrogens with one attached hydrogen (secondary N) is 1. The van der Waals surface area contributed by atoms with Gasteiger partial charge in [0.2, 0.25) is 5.91 Å². The molecule has 0 saturated heterocycles. The second-order valence-corrected chi connectivity index (χ2v) is 3.31. The van der Waals surface area contributed by atoms with Gasteiger partial charge in [-0.3, -0.25) is 4.79 Å². The first-order valence-electron chi connectivity index (χ1n) is 4.66. The van der Waals surface area contributed by atoms with Crippen molar-refractivity contribution in [2.45, 2.75) is 19.4 Å². The van der Waals surface area contributed by atoms with Crippen LogP contribution in [0.1, 0.15) is 12.5 Å². The van der Waals surface area contributed by atoms with E-state index in [1.165, 1.54) is 0 Å². The van der Waals surface area contributed by atoms with Gasteiger partial charge >= 0.3 is 0 Å². The van der Waals surface area contributed by atoms with E-state index in [0.717, 1.165) is 5.56 Å². The van der Waals surface area contributed by atoms with Gasteiger partial charge in [0.15, 0.2) is 0 Å². The highest BCUT2D eigenvalue weighted by Crippen LogP contribution is 1.99. The van der Waals surface area contributed by atoms with Crippen LogP contribution in [0.25, 0.3) is 0 Å². The number of carbonyl (C=O) groups is 1. The molecule has 3 nitrogen and oxygen atoms in total. The van der Waals surface area contributed by atoms with Gasteiger partial charge in [-0.2, -0.15) is 0 Å². The minimum Gasteiger partial charge on any atom is -0.394 e. The summed E-state index contributed by atoms with van der Waals surface area (Å²) in [4.78, 5) is 11.4. The summed E-state index contributed by atoms with van der Waals surface area (Å²) in [5.74, 6) is -0.0576. The average Bonchev–Trinajstić information content (AvgIpc) is 2.19. The molecule has 0 aliphatic carbocycles. The lowest BCUT2D eigenvalue weighted by atomic mass is 10.1. The number of aliphatic hydroxyl groups is 1. The molecule has 1 rings (SSSR count). The van der Waals surface area contributed by atoms with Crippen molar-refractivity contribution in [2.75, 3.05) is 6.61 Å². The number of carbonyl (C=O) groups excluding carboxylic acids is 1. The Morgan fingerprint density at radius 2 is 2.07 bits per heavy atom. The molecule has 0 aliphatic rings. The Hall–Kier alpha value is -1.35. The molecule has 1 amide bonds. The van der Waals surface area contributed by atoms with Crippen LogP contribution in [-0.4, -0.2) is 23.7 Å². The van der Waals surface area contributed by atoms with Gasteiger partial charge in [-0.05, 0) is 12.5 Å². The molecule has 1 aromatic carbocycles. The molecule has 3 heteroatoms. The van der Waals surface area contributed by atoms with Crippen LogP contribution in [0.15, 0.2) is 30.3 Å². The topological polar surface area (TPSA) is 49.3 Å². The Morgan fingerprint density at radius 3 is 2.64 bits per heavy atom. The minimum atomic E-state index is -0.175. The minimum absolute atomic E-state index is 0.0273. The SMILES string of the molecule is C[C@@H](CO)NC(=O)Cc1ccccc1. The van der Waals surface area contributed by atoms with Crippen molar-refractivity contribution in [1.29, 1.82) is 0 Å². The van der Waals surface area contributed by atoms with Gasteiger partial charge in [0.05, 0.1) is 13.0 Å². The zero-order valence-corrected chi connectivity index (χ0v) is 8.23. The fourth-order valence-corrected chi connectivity index (χ4v) is 1.15. The summed E-state index contributed by atoms with van der Waals surface area (Å²) >= 11 is 0. The summed E-state index contributed by atoms with van der Waals surface area (Å²) in [6.45, 7) is 1.74. The Morgan fingerprint density at radius 1 is 1.43 bits per heavy atom. The summed E-state index contributed by atoms with van der Waals surface area (Å²) in [6, 6.07) is 9.35. The van der Waals surface area contributed by atoms with E-state index in [1.54, 1.807) is 6.92 Å². The summed E-state index contributed by atoms with van der Waals surface area (Å²) in [5.41, 5.74) is 0.982. The lowest BCUT2D eigenvalue weighted by molar-refractivity contribution is -0.121. The molecule has 0 aliphatic heterocycles. The van der Waals surface area contributed by atoms with Crippen LogP contribution in [-0.2, 0) is 11.2 Å². The molecule has 0 heterocycles. The van der Waals surface area contributed by atoms with Gasteiger partial charge < -0.3 is 10.4 Å². The normalized spacial score (nSPS) is 12.1. The zero-order chi connectivity index (χ0) is 10.4. The Labute approximate surface area is 83.8 Å². The number of benzene rings is 1. The van der Waals surface area contributed by atoms with E-state index >= 15 is 0 Å². The standard InChI is InChI=1S/C11H15NO2/c1-9(8-13)12-11(14)7-10-5-3-2-4-6-10/h2-6,9,13H,7-8H2,1H3,(H,12,14)/t9-/m0/s1. The van der Waals surface area contributed by atoms with Gasteiger partial charge in [-0.1, -0.05) is 30.3 Å². The van der Waals surface area contributed by atoms with E-state index in [-0.39, 0.29) is 18.6 Å². The highest BCUT2D eigenvalue weighted by molar-refractivity contribution is 5.78. The van der Waals surface area contributed by atoms with Crippen molar-refractivity contribution >= 4 is 5.91 Å². The molecule has 0 radical (unpaired) electrons. The predicted molar refractivity (Wildman–Crippen MR) is 54.8 cm³/mol. The lowest BCUT2D eigenvalue weighted by Gasteiger charge is -2.10. The zero-order valence-electron chi connectivity index (χ0n) is 8.23. The molecule has 0 bridgehead atoms. The van der Waals surface area contributed by atoms with Gasteiger partial charge in [0.1, 0.15) is 0 Å². The maximum absolute atomic E-state index is 11.4. The largest absolute Gasteiger partial charge is 0.394 e. The second kappa shape index (κ2) is 5.40. The van der Waals surface area contributed by atoms with Crippen LogP contribution in [0.5, 0.6) is 0 Å². The first-order chi connectivity index (χ1) is 6.72. The molecule has 76 valence electrons. The molecular formula is C11H15NO2. The number of aliphatic hydroxyl groups excluding tert-OH is 1. The Balaban J connectivity index is 2.42. The van der Waals surface area contributed by atoms with Crippen LogP contribution in [0.3, 0.4) is 0 Å². The molecule has 14 heavy (non-hydrogen) atoms. The van der Waals surface area contributed by atoms with Crippen LogP contribution >= 0.6 is 0 Å². The molecule has 0 spiro atoms. The highest BCUT2D eigenvalue weighted by Gasteiger charge is 2.06. The van der Waals surface area contributed by atoms with Crippen molar-refractivity contribution in [1.82, 2.24) is 5.32 Å². The lowest BCUT2D eigenvalue weighted by Crippen LogP contribution is -2.35. The molecule has 0 saturated carbocycles. The second-order valence-electron chi connectivity index (χ2n) is 3.31. The average molecular weight is 193 g/mol. The van der Waals surface area contributed by atoms with Crippen molar-refractivity contribution in [2.24, 2.45) is 0 Å². The molecule has 0 aromatic heterocycles. The number of hydrogen-bond acceptors (Lipinski definition) is 2. The first-order valence-corrected chi connectivity index (χ1v) is 4.66. The number of amides is 1. The number of hydrogen-bond donors (Lipinski definition) is 2. The van der Waals surface area contributed by atoms with Crippen LogP contribution in [0.4, 0.5) is 0 Å². The third-order valence-electron chi connectivity index (χ3n) is 1.89. The van der Waals surface area contributed by atoms with Crippen LogP contribution in [0.2, 0.25) is 0 Å². The van der Waals surface area contributed by atoms with E-state index in [0.29, 0.717) is 6.42 Å². The van der Waals surface area contributed by atoms with E-state index in [2.05, 4.69) is 5.32 Å². The van der Waals surface area contributed by atoms with Crippen molar-refractivity contribution in [3.63, 3.8) is 0 Å². The quantitative estimate of drug-likeness (QED) is 0.740. The van der Waals surface area contributed by atoms with E-state index in [1.807, 2.05) is 30.3 Å². The first kappa shape index (κ1) is 10.7. The fourth-order valence-electron chi connectivity index (χ4n) is 1.15. The summed E-state index contributed by atoms with van der Waals surface area (Å²) in [5, 5.41) is 11.4. The van der Waals surface area contributed by atoms with E-state index in [9.17, 15) is 4.79 Å². The molecule has 0 fully saturated rings. The van der Waals surface area contributed by atoms with Crippen LogP contribution in [0, 0.1) is 0 Å². The fraction of sp³-hybridized carbons (Fsp3) is 0.364. The molecule has 2 N–H and O–H groups in total. The third kappa shape index (κ3) is 3.58.